The number of halogens is 3. The van der Waals surface area contributed by atoms with Gasteiger partial charge in [-0.2, -0.15) is 0 Å². The molecule has 0 aliphatic carbocycles. The van der Waals surface area contributed by atoms with Crippen molar-refractivity contribution < 1.29 is 22.6 Å². The Hall–Kier alpha value is -1.43. The Morgan fingerprint density at radius 2 is 1.85 bits per heavy atom. The van der Waals surface area contributed by atoms with Crippen LogP contribution in [0.25, 0.3) is 0 Å². The van der Waals surface area contributed by atoms with Crippen molar-refractivity contribution in [3.05, 3.63) is 23.8 Å². The number of benzene rings is 1. The summed E-state index contributed by atoms with van der Waals surface area (Å²) in [6, 6.07) is 3.55. The Kier molecular flexibility index (Phi) is 5.68. The third-order valence-corrected chi connectivity index (χ3v) is 2.89. The molecule has 0 unspecified atom stereocenters. The van der Waals surface area contributed by atoms with Gasteiger partial charge in [-0.1, -0.05) is 13.8 Å². The van der Waals surface area contributed by atoms with Crippen LogP contribution in [0.4, 0.5) is 13.2 Å². The molecule has 3 nitrogen and oxygen atoms in total. The number of ether oxygens (including phenoxy) is 2. The van der Waals surface area contributed by atoms with E-state index in [1.165, 1.54) is 25.3 Å². The van der Waals surface area contributed by atoms with Crippen LogP contribution in [0.1, 0.15) is 38.3 Å². The molecule has 0 aliphatic rings. The quantitative estimate of drug-likeness (QED) is 0.860. The van der Waals surface area contributed by atoms with Crippen LogP contribution < -0.4 is 15.2 Å². The van der Waals surface area contributed by atoms with Gasteiger partial charge in [0, 0.05) is 11.6 Å². The maximum Gasteiger partial charge on any atom is 0.573 e. The van der Waals surface area contributed by atoms with E-state index in [4.69, 9.17) is 10.5 Å². The number of alkyl halides is 3. The van der Waals surface area contributed by atoms with Gasteiger partial charge in [0.25, 0.3) is 0 Å². The van der Waals surface area contributed by atoms with Crippen LogP contribution in [0.15, 0.2) is 18.2 Å². The number of nitrogens with two attached hydrogens (primary N) is 1. The van der Waals surface area contributed by atoms with Gasteiger partial charge in [0.2, 0.25) is 0 Å². The zero-order valence-electron chi connectivity index (χ0n) is 11.8. The Bertz CT molecular complexity index is 433. The molecule has 0 saturated carbocycles. The van der Waals surface area contributed by atoms with Crippen molar-refractivity contribution in [2.75, 3.05) is 7.11 Å². The number of methoxy groups -OCH3 is 1. The van der Waals surface area contributed by atoms with Gasteiger partial charge in [0.05, 0.1) is 7.11 Å². The molecule has 0 fully saturated rings. The molecule has 1 aromatic carbocycles. The van der Waals surface area contributed by atoms with E-state index in [1.54, 1.807) is 0 Å². The fraction of sp³-hybridized carbons (Fsp3) is 0.571. The van der Waals surface area contributed by atoms with Gasteiger partial charge >= 0.3 is 6.36 Å². The van der Waals surface area contributed by atoms with Gasteiger partial charge < -0.3 is 15.2 Å². The Balaban J connectivity index is 2.93. The third-order valence-electron chi connectivity index (χ3n) is 2.89. The predicted molar refractivity (Wildman–Crippen MR) is 70.7 cm³/mol. The number of hydrogen-bond acceptors (Lipinski definition) is 3. The highest BCUT2D eigenvalue weighted by Crippen LogP contribution is 2.33. The standard InChI is InChI=1S/C14H20F3NO2/c1-9(2)4-6-12(18)11-8-10(20-14(15,16)17)5-7-13(11)19-3/h5,7-9,12H,4,6,18H2,1-3H3/t12-/m0/s1. The molecule has 0 heterocycles. The summed E-state index contributed by atoms with van der Waals surface area (Å²) in [5.74, 6) is 0.658. The number of rotatable bonds is 6. The molecule has 114 valence electrons. The summed E-state index contributed by atoms with van der Waals surface area (Å²) in [4.78, 5) is 0. The largest absolute Gasteiger partial charge is 0.573 e. The Morgan fingerprint density at radius 1 is 1.20 bits per heavy atom. The van der Waals surface area contributed by atoms with E-state index in [0.717, 1.165) is 6.42 Å². The summed E-state index contributed by atoms with van der Waals surface area (Å²) in [7, 11) is 1.46. The lowest BCUT2D eigenvalue weighted by Crippen LogP contribution is -2.18. The van der Waals surface area contributed by atoms with Crippen molar-refractivity contribution in [3.8, 4) is 11.5 Å². The fourth-order valence-electron chi connectivity index (χ4n) is 1.87. The van der Waals surface area contributed by atoms with Crippen LogP contribution in [-0.2, 0) is 0 Å². The Morgan fingerprint density at radius 3 is 2.35 bits per heavy atom. The molecule has 0 saturated heterocycles. The first-order valence-electron chi connectivity index (χ1n) is 6.42. The smallest absolute Gasteiger partial charge is 0.496 e. The van der Waals surface area contributed by atoms with E-state index in [9.17, 15) is 13.2 Å². The van der Waals surface area contributed by atoms with Gasteiger partial charge in [0.1, 0.15) is 11.5 Å². The van der Waals surface area contributed by atoms with Crippen molar-refractivity contribution in [2.24, 2.45) is 11.7 Å². The predicted octanol–water partition coefficient (Wildman–Crippen LogP) is 4.03. The lowest BCUT2D eigenvalue weighted by molar-refractivity contribution is -0.274. The molecular formula is C14H20F3NO2. The molecule has 2 N–H and O–H groups in total. The van der Waals surface area contributed by atoms with Gasteiger partial charge in [0.15, 0.2) is 0 Å². The maximum absolute atomic E-state index is 12.2. The topological polar surface area (TPSA) is 44.5 Å². The second kappa shape index (κ2) is 6.83. The summed E-state index contributed by atoms with van der Waals surface area (Å²) in [5, 5.41) is 0. The van der Waals surface area contributed by atoms with E-state index in [-0.39, 0.29) is 11.8 Å². The molecule has 1 rings (SSSR count). The van der Waals surface area contributed by atoms with E-state index < -0.39 is 6.36 Å². The third kappa shape index (κ3) is 5.28. The molecule has 6 heteroatoms. The minimum Gasteiger partial charge on any atom is -0.496 e. The first-order valence-corrected chi connectivity index (χ1v) is 6.42. The van der Waals surface area contributed by atoms with Gasteiger partial charge in [-0.3, -0.25) is 0 Å². The molecule has 0 spiro atoms. The van der Waals surface area contributed by atoms with Crippen LogP contribution >= 0.6 is 0 Å². The van der Waals surface area contributed by atoms with Crippen LogP contribution in [0.2, 0.25) is 0 Å². The lowest BCUT2D eigenvalue weighted by atomic mass is 9.97. The average molecular weight is 291 g/mol. The molecule has 1 aromatic rings. The fourth-order valence-corrected chi connectivity index (χ4v) is 1.87. The van der Waals surface area contributed by atoms with Crippen LogP contribution in [0, 0.1) is 5.92 Å². The number of hydrogen-bond donors (Lipinski definition) is 1. The monoisotopic (exact) mass is 291 g/mol. The molecule has 20 heavy (non-hydrogen) atoms. The van der Waals surface area contributed by atoms with Crippen molar-refractivity contribution in [1.29, 1.82) is 0 Å². The molecule has 0 radical (unpaired) electrons. The highest BCUT2D eigenvalue weighted by Gasteiger charge is 2.31. The summed E-state index contributed by atoms with van der Waals surface area (Å²) >= 11 is 0. The SMILES string of the molecule is COc1ccc(OC(F)(F)F)cc1[C@@H](N)CCC(C)C. The molecule has 0 aliphatic heterocycles. The Labute approximate surface area is 116 Å². The first kappa shape index (κ1) is 16.6. The summed E-state index contributed by atoms with van der Waals surface area (Å²) in [6.07, 6.45) is -3.16. The lowest BCUT2D eigenvalue weighted by Gasteiger charge is -2.18. The van der Waals surface area contributed by atoms with E-state index in [0.29, 0.717) is 23.7 Å². The molecule has 0 bridgehead atoms. The van der Waals surface area contributed by atoms with Crippen molar-refractivity contribution in [1.82, 2.24) is 0 Å². The second-order valence-corrected chi connectivity index (χ2v) is 5.03. The van der Waals surface area contributed by atoms with E-state index >= 15 is 0 Å². The maximum atomic E-state index is 12.2. The highest BCUT2D eigenvalue weighted by molar-refractivity contribution is 5.42. The summed E-state index contributed by atoms with van der Waals surface area (Å²) < 4.78 is 45.7. The summed E-state index contributed by atoms with van der Waals surface area (Å²) in [6.45, 7) is 4.13. The van der Waals surface area contributed by atoms with Gasteiger partial charge in [-0.05, 0) is 37.0 Å². The first-order chi connectivity index (χ1) is 9.23. The second-order valence-electron chi connectivity index (χ2n) is 5.03. The summed E-state index contributed by atoms with van der Waals surface area (Å²) in [5.41, 5.74) is 6.56. The van der Waals surface area contributed by atoms with E-state index in [2.05, 4.69) is 18.6 Å². The van der Waals surface area contributed by atoms with Crippen molar-refractivity contribution in [3.63, 3.8) is 0 Å². The van der Waals surface area contributed by atoms with Crippen molar-refractivity contribution in [2.45, 2.75) is 39.1 Å². The van der Waals surface area contributed by atoms with Gasteiger partial charge in [-0.25, -0.2) is 0 Å². The molecule has 1 atom stereocenters. The zero-order chi connectivity index (χ0) is 15.3. The average Bonchev–Trinajstić information content (AvgIpc) is 2.33. The minimum atomic E-state index is -4.71. The minimum absolute atomic E-state index is 0.284. The molecular weight excluding hydrogens is 271 g/mol. The molecule has 0 aromatic heterocycles. The normalized spacial score (nSPS) is 13.4. The van der Waals surface area contributed by atoms with E-state index in [1.807, 2.05) is 0 Å². The highest BCUT2D eigenvalue weighted by atomic mass is 19.4. The molecule has 0 amide bonds. The van der Waals surface area contributed by atoms with Crippen LogP contribution in [0.5, 0.6) is 11.5 Å². The van der Waals surface area contributed by atoms with Crippen LogP contribution in [0.3, 0.4) is 0 Å². The van der Waals surface area contributed by atoms with Crippen LogP contribution in [-0.4, -0.2) is 13.5 Å². The van der Waals surface area contributed by atoms with Gasteiger partial charge in [-0.15, -0.1) is 13.2 Å². The zero-order valence-corrected chi connectivity index (χ0v) is 11.8. The van der Waals surface area contributed by atoms with Crippen molar-refractivity contribution >= 4 is 0 Å².